The van der Waals surface area contributed by atoms with Gasteiger partial charge in [0, 0.05) is 11.6 Å². The topological polar surface area (TPSA) is 21.3 Å². The van der Waals surface area contributed by atoms with Gasteiger partial charge in [-0.15, -0.1) is 0 Å². The van der Waals surface area contributed by atoms with Gasteiger partial charge in [-0.05, 0) is 50.8 Å². The Kier molecular flexibility index (Phi) is 4.43. The van der Waals surface area contributed by atoms with Gasteiger partial charge in [-0.2, -0.15) is 0 Å². The van der Waals surface area contributed by atoms with E-state index in [0.717, 1.165) is 24.8 Å². The summed E-state index contributed by atoms with van der Waals surface area (Å²) in [7, 11) is 1.74. The van der Waals surface area contributed by atoms with E-state index >= 15 is 0 Å². The highest BCUT2D eigenvalue weighted by molar-refractivity contribution is 5.61. The Labute approximate surface area is 110 Å². The highest BCUT2D eigenvalue weighted by atomic mass is 16.5. The first-order chi connectivity index (χ1) is 8.72. The Morgan fingerprint density at radius 3 is 2.78 bits per heavy atom. The molecule has 0 aromatic heterocycles. The van der Waals surface area contributed by atoms with E-state index in [4.69, 9.17) is 4.74 Å². The molecule has 0 bridgehead atoms. The maximum Gasteiger partial charge on any atom is 0.129 e. The van der Waals surface area contributed by atoms with Crippen LogP contribution in [0.3, 0.4) is 0 Å². The first-order valence-corrected chi connectivity index (χ1v) is 6.76. The van der Waals surface area contributed by atoms with E-state index in [0.29, 0.717) is 0 Å². The minimum atomic E-state index is 0.801. The molecule has 2 heteroatoms. The van der Waals surface area contributed by atoms with Crippen LogP contribution in [0.25, 0.3) is 6.08 Å². The van der Waals surface area contributed by atoms with Crippen LogP contribution in [-0.2, 0) is 0 Å². The number of benzene rings is 1. The van der Waals surface area contributed by atoms with E-state index in [1.165, 1.54) is 29.5 Å². The van der Waals surface area contributed by atoms with Gasteiger partial charge in [0.2, 0.25) is 0 Å². The summed E-state index contributed by atoms with van der Waals surface area (Å²) < 4.78 is 5.50. The molecule has 0 radical (unpaired) electrons. The lowest BCUT2D eigenvalue weighted by Crippen LogP contribution is -2.16. The molecule has 0 atom stereocenters. The van der Waals surface area contributed by atoms with E-state index in [1.54, 1.807) is 7.11 Å². The molecule has 2 rings (SSSR count). The van der Waals surface area contributed by atoms with Crippen molar-refractivity contribution in [2.45, 2.75) is 39.2 Å². The average molecular weight is 245 g/mol. The predicted molar refractivity (Wildman–Crippen MR) is 77.1 cm³/mol. The summed E-state index contributed by atoms with van der Waals surface area (Å²) in [5.41, 5.74) is 3.68. The van der Waals surface area contributed by atoms with E-state index < -0.39 is 0 Å². The van der Waals surface area contributed by atoms with Gasteiger partial charge in [0.05, 0.1) is 7.11 Å². The molecular weight excluding hydrogens is 222 g/mol. The summed E-state index contributed by atoms with van der Waals surface area (Å²) in [6.45, 7) is 5.30. The first kappa shape index (κ1) is 13.2. The highest BCUT2D eigenvalue weighted by Crippen LogP contribution is 2.27. The smallest absolute Gasteiger partial charge is 0.129 e. The Balaban J connectivity index is 1.94. The summed E-state index contributed by atoms with van der Waals surface area (Å²) in [6, 6.07) is 5.08. The SMILES string of the molecule is COc1c(/C=C/CCNC2CC2)ccc(C)c1C. The van der Waals surface area contributed by atoms with E-state index in [1.807, 2.05) is 0 Å². The van der Waals surface area contributed by atoms with Crippen molar-refractivity contribution >= 4 is 6.08 Å². The van der Waals surface area contributed by atoms with Gasteiger partial charge in [-0.25, -0.2) is 0 Å². The lowest BCUT2D eigenvalue weighted by Gasteiger charge is -2.10. The second-order valence-electron chi connectivity index (χ2n) is 5.05. The van der Waals surface area contributed by atoms with Crippen LogP contribution in [0.4, 0.5) is 0 Å². The molecule has 0 amide bonds. The molecular formula is C16H23NO. The fourth-order valence-electron chi connectivity index (χ4n) is 2.08. The highest BCUT2D eigenvalue weighted by Gasteiger charge is 2.19. The molecule has 0 saturated heterocycles. The maximum atomic E-state index is 5.50. The second-order valence-corrected chi connectivity index (χ2v) is 5.05. The summed E-state index contributed by atoms with van der Waals surface area (Å²) >= 11 is 0. The third kappa shape index (κ3) is 3.36. The Morgan fingerprint density at radius 2 is 2.11 bits per heavy atom. The monoisotopic (exact) mass is 245 g/mol. The summed E-state index contributed by atoms with van der Waals surface area (Å²) in [5, 5.41) is 3.51. The van der Waals surface area contributed by atoms with Crippen LogP contribution in [0.5, 0.6) is 5.75 Å². The third-order valence-electron chi connectivity index (χ3n) is 3.53. The lowest BCUT2D eigenvalue weighted by atomic mass is 10.0. The fourth-order valence-corrected chi connectivity index (χ4v) is 2.08. The van der Waals surface area contributed by atoms with Crippen LogP contribution in [0, 0.1) is 13.8 Å². The summed E-state index contributed by atoms with van der Waals surface area (Å²) in [5.74, 6) is 1.00. The van der Waals surface area contributed by atoms with E-state index in [-0.39, 0.29) is 0 Å². The van der Waals surface area contributed by atoms with Gasteiger partial charge in [0.1, 0.15) is 5.75 Å². The van der Waals surface area contributed by atoms with Crippen molar-refractivity contribution in [3.8, 4) is 5.75 Å². The molecule has 98 valence electrons. The molecule has 1 fully saturated rings. The van der Waals surface area contributed by atoms with Gasteiger partial charge in [-0.1, -0.05) is 24.3 Å². The number of nitrogens with one attached hydrogen (secondary N) is 1. The van der Waals surface area contributed by atoms with Crippen LogP contribution in [-0.4, -0.2) is 19.7 Å². The van der Waals surface area contributed by atoms with E-state index in [2.05, 4.69) is 43.4 Å². The molecule has 1 saturated carbocycles. The molecule has 18 heavy (non-hydrogen) atoms. The second kappa shape index (κ2) is 6.05. The molecule has 0 unspecified atom stereocenters. The van der Waals surface area contributed by atoms with Crippen LogP contribution in [0.15, 0.2) is 18.2 Å². The molecule has 1 aromatic rings. The van der Waals surface area contributed by atoms with E-state index in [9.17, 15) is 0 Å². The standard InChI is InChI=1S/C16H23NO/c1-12-7-8-14(16(18-3)13(12)2)6-4-5-11-17-15-9-10-15/h4,6-8,15,17H,5,9-11H2,1-3H3/b6-4+. The number of rotatable bonds is 6. The summed E-state index contributed by atoms with van der Waals surface area (Å²) in [4.78, 5) is 0. The third-order valence-corrected chi connectivity index (χ3v) is 3.53. The van der Waals surface area contributed by atoms with Crippen molar-refractivity contribution < 1.29 is 4.74 Å². The van der Waals surface area contributed by atoms with Gasteiger partial charge in [-0.3, -0.25) is 0 Å². The Hall–Kier alpha value is -1.28. The molecule has 0 aliphatic heterocycles. The average Bonchev–Trinajstić information content (AvgIpc) is 3.17. The van der Waals surface area contributed by atoms with Crippen LogP contribution in [0.2, 0.25) is 0 Å². The largest absolute Gasteiger partial charge is 0.496 e. The molecule has 1 aliphatic rings. The van der Waals surface area contributed by atoms with Crippen molar-refractivity contribution in [3.63, 3.8) is 0 Å². The molecule has 1 aliphatic carbocycles. The number of ether oxygens (including phenoxy) is 1. The van der Waals surface area contributed by atoms with Gasteiger partial charge >= 0.3 is 0 Å². The number of aryl methyl sites for hydroxylation is 1. The first-order valence-electron chi connectivity index (χ1n) is 6.76. The molecule has 2 nitrogen and oxygen atoms in total. The number of hydrogen-bond donors (Lipinski definition) is 1. The maximum absolute atomic E-state index is 5.50. The van der Waals surface area contributed by atoms with Gasteiger partial charge < -0.3 is 10.1 Å². The summed E-state index contributed by atoms with van der Waals surface area (Å²) in [6.07, 6.45) is 8.18. The Bertz CT molecular complexity index is 433. The number of hydrogen-bond acceptors (Lipinski definition) is 2. The van der Waals surface area contributed by atoms with Crippen molar-refractivity contribution in [3.05, 3.63) is 34.9 Å². The van der Waals surface area contributed by atoms with Crippen LogP contribution in [0.1, 0.15) is 36.0 Å². The quantitative estimate of drug-likeness (QED) is 0.775. The van der Waals surface area contributed by atoms with Crippen molar-refractivity contribution in [1.82, 2.24) is 5.32 Å². The van der Waals surface area contributed by atoms with Crippen LogP contribution < -0.4 is 10.1 Å². The molecule has 0 heterocycles. The molecule has 1 aromatic carbocycles. The minimum absolute atomic E-state index is 0.801. The zero-order valence-electron chi connectivity index (χ0n) is 11.6. The zero-order chi connectivity index (χ0) is 13.0. The van der Waals surface area contributed by atoms with Crippen molar-refractivity contribution in [1.29, 1.82) is 0 Å². The van der Waals surface area contributed by atoms with Crippen molar-refractivity contribution in [2.75, 3.05) is 13.7 Å². The lowest BCUT2D eigenvalue weighted by molar-refractivity contribution is 0.410. The van der Waals surface area contributed by atoms with Gasteiger partial charge in [0.15, 0.2) is 0 Å². The normalized spacial score (nSPS) is 15.3. The Morgan fingerprint density at radius 1 is 1.33 bits per heavy atom. The zero-order valence-corrected chi connectivity index (χ0v) is 11.6. The predicted octanol–water partition coefficient (Wildman–Crippen LogP) is 3.47. The molecule has 1 N–H and O–H groups in total. The van der Waals surface area contributed by atoms with Crippen molar-refractivity contribution in [2.24, 2.45) is 0 Å². The minimum Gasteiger partial charge on any atom is -0.496 e. The molecule has 0 spiro atoms. The van der Waals surface area contributed by atoms with Crippen LogP contribution >= 0.6 is 0 Å². The number of methoxy groups -OCH3 is 1. The fraction of sp³-hybridized carbons (Fsp3) is 0.500. The van der Waals surface area contributed by atoms with Gasteiger partial charge in [0.25, 0.3) is 0 Å².